The molecule has 146 valence electrons. The average molecular weight is 379 g/mol. The number of aryl methyl sites for hydroxylation is 1. The van der Waals surface area contributed by atoms with E-state index in [1.54, 1.807) is 6.07 Å². The standard InChI is InChI=1S/C21H25N5O2/c1-24(2)14-20(27)19-12-16-13-25(10-5-11-26(16)23-19)21(28)18-9-8-15-6-3-4-7-17(15)22-18/h3-4,6-9,12,20,27H,5,10-11,13-14H2,1-2H3. The number of aromatic nitrogens is 3. The molecular weight excluding hydrogens is 354 g/mol. The highest BCUT2D eigenvalue weighted by atomic mass is 16.3. The van der Waals surface area contributed by atoms with Crippen LogP contribution in [0.25, 0.3) is 10.9 Å². The lowest BCUT2D eigenvalue weighted by Crippen LogP contribution is -2.31. The Labute approximate surface area is 164 Å². The van der Waals surface area contributed by atoms with Gasteiger partial charge in [-0.1, -0.05) is 24.3 Å². The number of aliphatic hydroxyl groups is 1. The minimum absolute atomic E-state index is 0.0733. The molecule has 7 heteroatoms. The Bertz CT molecular complexity index is 997. The van der Waals surface area contributed by atoms with Crippen molar-refractivity contribution in [3.63, 3.8) is 0 Å². The first kappa shape index (κ1) is 18.6. The fourth-order valence-corrected chi connectivity index (χ4v) is 3.61. The fraction of sp³-hybridized carbons (Fsp3) is 0.381. The third-order valence-corrected chi connectivity index (χ3v) is 5.02. The second kappa shape index (κ2) is 7.69. The van der Waals surface area contributed by atoms with E-state index in [2.05, 4.69) is 10.1 Å². The zero-order valence-electron chi connectivity index (χ0n) is 16.2. The molecule has 28 heavy (non-hydrogen) atoms. The molecule has 0 bridgehead atoms. The van der Waals surface area contributed by atoms with E-state index in [9.17, 15) is 9.90 Å². The van der Waals surface area contributed by atoms with Gasteiger partial charge in [0, 0.05) is 25.0 Å². The van der Waals surface area contributed by atoms with E-state index in [0.717, 1.165) is 29.6 Å². The number of likely N-dealkylation sites (N-methyl/N-ethyl adjacent to an activating group) is 1. The van der Waals surface area contributed by atoms with E-state index in [1.807, 2.05) is 65.0 Å². The molecule has 3 aromatic rings. The van der Waals surface area contributed by atoms with Gasteiger partial charge in [0.25, 0.3) is 5.91 Å². The Hall–Kier alpha value is -2.77. The summed E-state index contributed by atoms with van der Waals surface area (Å²) in [5.41, 5.74) is 2.88. The van der Waals surface area contributed by atoms with E-state index < -0.39 is 6.10 Å². The van der Waals surface area contributed by atoms with Crippen LogP contribution in [-0.2, 0) is 13.1 Å². The third kappa shape index (κ3) is 3.76. The Morgan fingerprint density at radius 3 is 2.86 bits per heavy atom. The van der Waals surface area contributed by atoms with Crippen molar-refractivity contribution in [2.75, 3.05) is 27.2 Å². The number of hydrogen-bond donors (Lipinski definition) is 1. The normalized spacial score (nSPS) is 15.5. The first-order chi connectivity index (χ1) is 13.5. The Morgan fingerprint density at radius 2 is 2.04 bits per heavy atom. The largest absolute Gasteiger partial charge is 0.385 e. The SMILES string of the molecule is CN(C)CC(O)c1cc2n(n1)CCCN(C(=O)c1ccc3ccccc3n1)C2. The molecule has 0 saturated heterocycles. The van der Waals surface area contributed by atoms with Gasteiger partial charge >= 0.3 is 0 Å². The number of rotatable bonds is 4. The lowest BCUT2D eigenvalue weighted by atomic mass is 10.2. The average Bonchev–Trinajstić information content (AvgIpc) is 2.98. The van der Waals surface area contributed by atoms with Gasteiger partial charge in [-0.15, -0.1) is 0 Å². The second-order valence-electron chi connectivity index (χ2n) is 7.53. The molecule has 1 aromatic carbocycles. The molecule has 0 aliphatic carbocycles. The summed E-state index contributed by atoms with van der Waals surface area (Å²) in [6.07, 6.45) is 0.178. The van der Waals surface area contributed by atoms with Crippen LogP contribution in [0.5, 0.6) is 0 Å². The number of hydrogen-bond acceptors (Lipinski definition) is 5. The molecule has 3 heterocycles. The predicted molar refractivity (Wildman–Crippen MR) is 107 cm³/mol. The van der Waals surface area contributed by atoms with Crippen molar-refractivity contribution < 1.29 is 9.90 Å². The zero-order chi connectivity index (χ0) is 19.7. The van der Waals surface area contributed by atoms with E-state index in [-0.39, 0.29) is 5.91 Å². The monoisotopic (exact) mass is 379 g/mol. The number of benzene rings is 1. The quantitative estimate of drug-likeness (QED) is 0.751. The van der Waals surface area contributed by atoms with Gasteiger partial charge in [0.15, 0.2) is 0 Å². The highest BCUT2D eigenvalue weighted by molar-refractivity contribution is 5.94. The number of pyridine rings is 1. The van der Waals surface area contributed by atoms with E-state index in [4.69, 9.17) is 0 Å². The Balaban J connectivity index is 1.56. The van der Waals surface area contributed by atoms with Crippen molar-refractivity contribution in [3.8, 4) is 0 Å². The summed E-state index contributed by atoms with van der Waals surface area (Å²) < 4.78 is 1.91. The summed E-state index contributed by atoms with van der Waals surface area (Å²) >= 11 is 0. The minimum Gasteiger partial charge on any atom is -0.385 e. The van der Waals surface area contributed by atoms with Crippen molar-refractivity contribution in [1.29, 1.82) is 0 Å². The van der Waals surface area contributed by atoms with Crippen LogP contribution in [0.1, 0.15) is 34.4 Å². The minimum atomic E-state index is -0.638. The van der Waals surface area contributed by atoms with Crippen molar-refractivity contribution in [3.05, 3.63) is 59.5 Å². The maximum absolute atomic E-state index is 13.1. The second-order valence-corrected chi connectivity index (χ2v) is 7.53. The summed E-state index contributed by atoms with van der Waals surface area (Å²) in [7, 11) is 3.84. The van der Waals surface area contributed by atoms with Crippen LogP contribution in [0.4, 0.5) is 0 Å². The molecule has 1 unspecified atom stereocenters. The van der Waals surface area contributed by atoms with Crippen LogP contribution in [0.3, 0.4) is 0 Å². The number of aliphatic hydroxyl groups excluding tert-OH is 1. The van der Waals surface area contributed by atoms with Crippen LogP contribution in [-0.4, -0.2) is 62.8 Å². The highest BCUT2D eigenvalue weighted by Gasteiger charge is 2.24. The number of amides is 1. The molecule has 0 spiro atoms. The maximum Gasteiger partial charge on any atom is 0.272 e. The summed E-state index contributed by atoms with van der Waals surface area (Å²) in [6, 6.07) is 13.4. The molecule has 1 atom stereocenters. The van der Waals surface area contributed by atoms with Crippen LogP contribution < -0.4 is 0 Å². The lowest BCUT2D eigenvalue weighted by Gasteiger charge is -2.19. The molecule has 0 radical (unpaired) electrons. The van der Waals surface area contributed by atoms with Crippen LogP contribution >= 0.6 is 0 Å². The highest BCUT2D eigenvalue weighted by Crippen LogP contribution is 2.20. The summed E-state index contributed by atoms with van der Waals surface area (Å²) in [5.74, 6) is -0.0733. The van der Waals surface area contributed by atoms with Gasteiger partial charge in [0.2, 0.25) is 0 Å². The number of carbonyl (C=O) groups excluding carboxylic acids is 1. The topological polar surface area (TPSA) is 74.5 Å². The molecule has 1 N–H and O–H groups in total. The molecule has 1 aliphatic heterocycles. The molecular formula is C21H25N5O2. The molecule has 0 fully saturated rings. The summed E-state index contributed by atoms with van der Waals surface area (Å²) in [4.78, 5) is 21.4. The smallest absolute Gasteiger partial charge is 0.272 e. The molecule has 7 nitrogen and oxygen atoms in total. The van der Waals surface area contributed by atoms with Gasteiger partial charge in [-0.25, -0.2) is 4.98 Å². The van der Waals surface area contributed by atoms with Gasteiger partial charge in [-0.05, 0) is 38.7 Å². The third-order valence-electron chi connectivity index (χ3n) is 5.02. The summed E-state index contributed by atoms with van der Waals surface area (Å²) in [5, 5.41) is 15.9. The van der Waals surface area contributed by atoms with Gasteiger partial charge in [-0.2, -0.15) is 5.10 Å². The Kier molecular flexibility index (Phi) is 5.11. The Morgan fingerprint density at radius 1 is 1.21 bits per heavy atom. The van der Waals surface area contributed by atoms with Crippen molar-refractivity contribution in [2.24, 2.45) is 0 Å². The van der Waals surface area contributed by atoms with Gasteiger partial charge < -0.3 is 14.9 Å². The molecule has 1 aliphatic rings. The van der Waals surface area contributed by atoms with E-state index in [1.165, 1.54) is 0 Å². The summed E-state index contributed by atoms with van der Waals surface area (Å²) in [6.45, 7) is 2.38. The number of fused-ring (bicyclic) bond motifs is 2. The molecule has 0 saturated carbocycles. The van der Waals surface area contributed by atoms with E-state index in [0.29, 0.717) is 31.0 Å². The predicted octanol–water partition coefficient (Wildman–Crippen LogP) is 2.07. The molecule has 4 rings (SSSR count). The number of carbonyl (C=O) groups is 1. The van der Waals surface area contributed by atoms with Crippen molar-refractivity contribution in [1.82, 2.24) is 24.6 Å². The number of para-hydroxylation sites is 1. The van der Waals surface area contributed by atoms with Crippen molar-refractivity contribution >= 4 is 16.8 Å². The first-order valence-electron chi connectivity index (χ1n) is 9.56. The van der Waals surface area contributed by atoms with Crippen LogP contribution in [0.2, 0.25) is 0 Å². The number of nitrogens with zero attached hydrogens (tertiary/aromatic N) is 5. The fourth-order valence-electron chi connectivity index (χ4n) is 3.61. The van der Waals surface area contributed by atoms with E-state index >= 15 is 0 Å². The van der Waals surface area contributed by atoms with Crippen LogP contribution in [0.15, 0.2) is 42.5 Å². The molecule has 1 amide bonds. The van der Waals surface area contributed by atoms with Crippen LogP contribution in [0, 0.1) is 0 Å². The van der Waals surface area contributed by atoms with Crippen molar-refractivity contribution in [2.45, 2.75) is 25.6 Å². The van der Waals surface area contributed by atoms with Gasteiger partial charge in [0.05, 0.1) is 23.4 Å². The zero-order valence-corrected chi connectivity index (χ0v) is 16.2. The first-order valence-corrected chi connectivity index (χ1v) is 9.56. The lowest BCUT2D eigenvalue weighted by molar-refractivity contribution is 0.0740. The van der Waals surface area contributed by atoms with Gasteiger partial charge in [-0.3, -0.25) is 9.48 Å². The maximum atomic E-state index is 13.1. The van der Waals surface area contributed by atoms with Gasteiger partial charge in [0.1, 0.15) is 11.8 Å². The molecule has 2 aromatic heterocycles.